The van der Waals surface area contributed by atoms with Crippen molar-refractivity contribution in [1.29, 1.82) is 0 Å². The molecular formula is C21H16FN3O4S2. The van der Waals surface area contributed by atoms with Gasteiger partial charge in [0.2, 0.25) is 5.82 Å². The zero-order valence-electron chi connectivity index (χ0n) is 16.4. The molecule has 0 amide bonds. The van der Waals surface area contributed by atoms with Crippen molar-refractivity contribution in [2.45, 2.75) is 18.7 Å². The number of hydrogen-bond acceptors (Lipinski definition) is 7. The number of benzene rings is 2. The lowest BCUT2D eigenvalue weighted by Crippen LogP contribution is -2.13. The van der Waals surface area contributed by atoms with E-state index in [2.05, 4.69) is 14.9 Å². The molecular weight excluding hydrogens is 441 g/mol. The van der Waals surface area contributed by atoms with E-state index in [1.54, 1.807) is 19.1 Å². The van der Waals surface area contributed by atoms with Crippen LogP contribution in [-0.4, -0.2) is 24.3 Å². The number of sulfonamides is 1. The van der Waals surface area contributed by atoms with E-state index in [0.29, 0.717) is 26.6 Å². The van der Waals surface area contributed by atoms with E-state index < -0.39 is 10.0 Å². The molecule has 0 unspecified atom stereocenters. The fourth-order valence-electron chi connectivity index (χ4n) is 2.86. The second kappa shape index (κ2) is 8.05. The highest BCUT2D eigenvalue weighted by molar-refractivity contribution is 7.93. The minimum absolute atomic E-state index is 0.0877. The first-order valence-corrected chi connectivity index (χ1v) is 11.4. The molecule has 7 nitrogen and oxygen atoms in total. The quantitative estimate of drug-likeness (QED) is 0.413. The number of Topliss-reactive ketones (excluding diaryl/α,β-unsaturated/α-hetero) is 1. The molecule has 4 rings (SSSR count). The van der Waals surface area contributed by atoms with Crippen molar-refractivity contribution in [3.8, 4) is 22.2 Å². The Balaban J connectivity index is 1.59. The van der Waals surface area contributed by atoms with Crippen molar-refractivity contribution >= 4 is 32.8 Å². The number of hydrogen-bond donors (Lipinski definition) is 1. The number of carbonyl (C=O) groups excluding carboxylic acids is 1. The Kier molecular flexibility index (Phi) is 5.42. The first-order chi connectivity index (χ1) is 14.7. The molecule has 2 heterocycles. The largest absolute Gasteiger partial charge is 0.333 e. The Morgan fingerprint density at radius 1 is 1.10 bits per heavy atom. The van der Waals surface area contributed by atoms with E-state index in [4.69, 9.17) is 4.52 Å². The van der Waals surface area contributed by atoms with E-state index in [0.717, 1.165) is 0 Å². The van der Waals surface area contributed by atoms with Crippen LogP contribution in [0.5, 0.6) is 0 Å². The van der Waals surface area contributed by atoms with Gasteiger partial charge < -0.3 is 4.52 Å². The van der Waals surface area contributed by atoms with Crippen LogP contribution in [0.2, 0.25) is 0 Å². The molecule has 0 radical (unpaired) electrons. The highest BCUT2D eigenvalue weighted by atomic mass is 32.2. The Hall–Kier alpha value is -3.37. The number of aromatic nitrogens is 2. The summed E-state index contributed by atoms with van der Waals surface area (Å²) in [6.07, 6.45) is 0. The summed E-state index contributed by atoms with van der Waals surface area (Å²) < 4.78 is 46.6. The van der Waals surface area contributed by atoms with Crippen molar-refractivity contribution in [3.63, 3.8) is 0 Å². The smallest absolute Gasteiger partial charge is 0.268 e. The van der Waals surface area contributed by atoms with E-state index in [9.17, 15) is 17.6 Å². The zero-order valence-corrected chi connectivity index (χ0v) is 18.1. The van der Waals surface area contributed by atoms with Gasteiger partial charge in [-0.15, -0.1) is 11.3 Å². The van der Waals surface area contributed by atoms with Gasteiger partial charge in [0, 0.05) is 21.7 Å². The highest BCUT2D eigenvalue weighted by Crippen LogP contribution is 2.34. The molecule has 4 aromatic rings. The van der Waals surface area contributed by atoms with Crippen LogP contribution in [0.1, 0.15) is 22.2 Å². The van der Waals surface area contributed by atoms with E-state index in [-0.39, 0.29) is 28.2 Å². The van der Waals surface area contributed by atoms with Gasteiger partial charge in [0.1, 0.15) is 10.7 Å². The molecule has 31 heavy (non-hydrogen) atoms. The van der Waals surface area contributed by atoms with Gasteiger partial charge in [-0.1, -0.05) is 5.16 Å². The van der Waals surface area contributed by atoms with Crippen LogP contribution in [0.25, 0.3) is 22.2 Å². The molecule has 0 aliphatic carbocycles. The van der Waals surface area contributed by atoms with Crippen LogP contribution in [-0.2, 0) is 10.0 Å². The molecule has 0 saturated heterocycles. The molecule has 0 saturated carbocycles. The van der Waals surface area contributed by atoms with Crippen molar-refractivity contribution < 1.29 is 22.1 Å². The van der Waals surface area contributed by atoms with Crippen LogP contribution in [0.3, 0.4) is 0 Å². The van der Waals surface area contributed by atoms with Crippen molar-refractivity contribution in [2.24, 2.45) is 0 Å². The maximum atomic E-state index is 13.1. The van der Waals surface area contributed by atoms with Gasteiger partial charge in [-0.05, 0) is 68.4 Å². The standard InChI is InChI=1S/C21H16FN3O4S2/c1-12(26)14-5-9-17(10-6-14)25-31(27,28)19-11-18(30-13(19)2)21-23-20(24-29-21)15-3-7-16(22)8-4-15/h3-11,25H,1-2H3. The minimum Gasteiger partial charge on any atom is -0.333 e. The summed E-state index contributed by atoms with van der Waals surface area (Å²) >= 11 is 1.20. The van der Waals surface area contributed by atoms with Crippen LogP contribution in [0.4, 0.5) is 10.1 Å². The number of rotatable bonds is 6. The van der Waals surface area contributed by atoms with Gasteiger partial charge in [-0.2, -0.15) is 4.98 Å². The molecule has 2 aromatic carbocycles. The highest BCUT2D eigenvalue weighted by Gasteiger charge is 2.23. The molecule has 0 bridgehead atoms. The van der Waals surface area contributed by atoms with Crippen molar-refractivity contribution in [2.75, 3.05) is 4.72 Å². The Morgan fingerprint density at radius 2 is 1.77 bits per heavy atom. The number of halogens is 1. The molecule has 2 aromatic heterocycles. The molecule has 0 fully saturated rings. The fraction of sp³-hybridized carbons (Fsp3) is 0.0952. The van der Waals surface area contributed by atoms with Gasteiger partial charge >= 0.3 is 0 Å². The second-order valence-corrected chi connectivity index (χ2v) is 9.61. The number of thiophene rings is 1. The summed E-state index contributed by atoms with van der Waals surface area (Å²) in [6, 6.07) is 13.3. The Labute approximate surface area is 181 Å². The first-order valence-electron chi connectivity index (χ1n) is 9.07. The SMILES string of the molecule is CC(=O)c1ccc(NS(=O)(=O)c2cc(-c3nc(-c4ccc(F)cc4)no3)sc2C)cc1. The summed E-state index contributed by atoms with van der Waals surface area (Å²) in [5.74, 6) is -0.0410. The summed E-state index contributed by atoms with van der Waals surface area (Å²) in [6.45, 7) is 3.12. The lowest BCUT2D eigenvalue weighted by Gasteiger charge is -2.08. The zero-order chi connectivity index (χ0) is 22.2. The lowest BCUT2D eigenvalue weighted by atomic mass is 10.1. The molecule has 10 heteroatoms. The average Bonchev–Trinajstić information content (AvgIpc) is 3.36. The topological polar surface area (TPSA) is 102 Å². The summed E-state index contributed by atoms with van der Waals surface area (Å²) in [4.78, 5) is 16.8. The molecule has 0 atom stereocenters. The predicted molar refractivity (Wildman–Crippen MR) is 115 cm³/mol. The fourth-order valence-corrected chi connectivity index (χ4v) is 5.43. The lowest BCUT2D eigenvalue weighted by molar-refractivity contribution is 0.101. The van der Waals surface area contributed by atoms with Crippen LogP contribution < -0.4 is 4.72 Å². The van der Waals surface area contributed by atoms with Gasteiger partial charge in [0.15, 0.2) is 5.78 Å². The third kappa shape index (κ3) is 4.39. The predicted octanol–water partition coefficient (Wildman–Crippen LogP) is 4.92. The first kappa shape index (κ1) is 20.9. The Bertz CT molecular complexity index is 1360. The maximum absolute atomic E-state index is 13.1. The summed E-state index contributed by atoms with van der Waals surface area (Å²) in [5, 5.41) is 3.89. The van der Waals surface area contributed by atoms with E-state index in [1.165, 1.54) is 60.7 Å². The molecule has 0 spiro atoms. The van der Waals surface area contributed by atoms with Gasteiger partial charge in [-0.25, -0.2) is 12.8 Å². The maximum Gasteiger partial charge on any atom is 0.268 e. The van der Waals surface area contributed by atoms with Crippen LogP contribution >= 0.6 is 11.3 Å². The van der Waals surface area contributed by atoms with Gasteiger partial charge in [0.25, 0.3) is 15.9 Å². The van der Waals surface area contributed by atoms with Crippen LogP contribution in [0.15, 0.2) is 64.0 Å². The summed E-state index contributed by atoms with van der Waals surface area (Å²) in [5.41, 5.74) is 1.41. The summed E-state index contributed by atoms with van der Waals surface area (Å²) in [7, 11) is -3.87. The number of anilines is 1. The molecule has 0 aliphatic heterocycles. The van der Waals surface area contributed by atoms with Gasteiger partial charge in [-0.3, -0.25) is 9.52 Å². The van der Waals surface area contributed by atoms with Crippen molar-refractivity contribution in [1.82, 2.24) is 10.1 Å². The minimum atomic E-state index is -3.87. The third-order valence-corrected chi connectivity index (χ3v) is 7.12. The van der Waals surface area contributed by atoms with E-state index in [1.807, 2.05) is 0 Å². The number of carbonyl (C=O) groups is 1. The number of ketones is 1. The number of nitrogens with one attached hydrogen (secondary N) is 1. The molecule has 158 valence electrons. The normalized spacial score (nSPS) is 11.5. The number of nitrogens with zero attached hydrogens (tertiary/aromatic N) is 2. The number of aryl methyl sites for hydroxylation is 1. The molecule has 0 aliphatic rings. The van der Waals surface area contributed by atoms with Crippen molar-refractivity contribution in [3.05, 3.63) is 70.9 Å². The second-order valence-electron chi connectivity index (χ2n) is 6.70. The average molecular weight is 458 g/mol. The van der Waals surface area contributed by atoms with Crippen LogP contribution in [0, 0.1) is 12.7 Å². The van der Waals surface area contributed by atoms with Gasteiger partial charge in [0.05, 0.1) is 4.88 Å². The molecule has 1 N–H and O–H groups in total. The Morgan fingerprint density at radius 3 is 2.42 bits per heavy atom. The third-order valence-electron chi connectivity index (χ3n) is 4.44. The monoisotopic (exact) mass is 457 g/mol. The van der Waals surface area contributed by atoms with E-state index >= 15 is 0 Å².